The molecule has 0 atom stereocenters. The molecule has 1 heterocycles. The summed E-state index contributed by atoms with van der Waals surface area (Å²) in [5.41, 5.74) is 1.94. The van der Waals surface area contributed by atoms with Crippen LogP contribution in [0.1, 0.15) is 5.69 Å². The fraction of sp³-hybridized carbons (Fsp3) is 0.100. The molecule has 15 heavy (non-hydrogen) atoms. The number of hydrogen-bond donors (Lipinski definition) is 0. The molecule has 0 fully saturated rings. The Balaban J connectivity index is 2.44. The normalized spacial score (nSPS) is 10.6. The van der Waals surface area contributed by atoms with E-state index in [0.29, 0.717) is 10.9 Å². The first-order valence-corrected chi connectivity index (χ1v) is 6.75. The Morgan fingerprint density at radius 1 is 1.40 bits per heavy atom. The van der Waals surface area contributed by atoms with Gasteiger partial charge in [-0.05, 0) is 18.2 Å². The van der Waals surface area contributed by atoms with Gasteiger partial charge in [0.25, 0.3) is 0 Å². The summed E-state index contributed by atoms with van der Waals surface area (Å²) in [5, 5.41) is 3.62. The molecule has 1 aromatic heterocycles. The molecular weight excluding hydrogens is 317 g/mol. The lowest BCUT2D eigenvalue weighted by Gasteiger charge is -2.00. The fourth-order valence-corrected chi connectivity index (χ4v) is 3.24. The van der Waals surface area contributed by atoms with E-state index in [4.69, 9.17) is 23.2 Å². The summed E-state index contributed by atoms with van der Waals surface area (Å²) < 4.78 is 0.950. The third-order valence-corrected chi connectivity index (χ3v) is 3.94. The van der Waals surface area contributed by atoms with Crippen molar-refractivity contribution >= 4 is 50.5 Å². The molecule has 0 saturated carbocycles. The van der Waals surface area contributed by atoms with E-state index in [1.165, 1.54) is 0 Å². The summed E-state index contributed by atoms with van der Waals surface area (Å²) >= 11 is 16.6. The Labute approximate surface area is 110 Å². The molecule has 0 aliphatic rings. The fourth-order valence-electron chi connectivity index (χ4n) is 1.15. The zero-order valence-corrected chi connectivity index (χ0v) is 11.4. The quantitative estimate of drug-likeness (QED) is 0.712. The first kappa shape index (κ1) is 11.4. The van der Waals surface area contributed by atoms with Gasteiger partial charge in [0.05, 0.1) is 11.6 Å². The van der Waals surface area contributed by atoms with Crippen molar-refractivity contribution in [1.82, 2.24) is 4.98 Å². The van der Waals surface area contributed by atoms with E-state index in [1.54, 1.807) is 11.3 Å². The lowest BCUT2D eigenvalue weighted by atomic mass is 10.2. The monoisotopic (exact) mass is 321 g/mol. The predicted molar refractivity (Wildman–Crippen MR) is 69.8 cm³/mol. The van der Waals surface area contributed by atoms with Crippen LogP contribution in [0.2, 0.25) is 5.02 Å². The van der Waals surface area contributed by atoms with E-state index in [0.717, 1.165) is 20.7 Å². The maximum atomic E-state index is 5.87. The van der Waals surface area contributed by atoms with E-state index >= 15 is 0 Å². The van der Waals surface area contributed by atoms with Crippen LogP contribution < -0.4 is 0 Å². The number of rotatable bonds is 2. The van der Waals surface area contributed by atoms with Crippen LogP contribution in [0.5, 0.6) is 0 Å². The smallest absolute Gasteiger partial charge is 0.124 e. The average molecular weight is 323 g/mol. The standard InChI is InChI=1S/C10H6BrCl2NS/c11-9-3-6(13)1-2-8(9)10-14-7(4-12)5-15-10/h1-3,5H,4H2. The van der Waals surface area contributed by atoms with Crippen molar-refractivity contribution in [3.8, 4) is 10.6 Å². The molecule has 2 aromatic rings. The second kappa shape index (κ2) is 4.83. The Bertz CT molecular complexity index is 484. The number of nitrogens with zero attached hydrogens (tertiary/aromatic N) is 1. The number of halogens is 3. The molecule has 0 aliphatic carbocycles. The predicted octanol–water partition coefficient (Wildman–Crippen LogP) is 4.96. The van der Waals surface area contributed by atoms with Gasteiger partial charge in [-0.25, -0.2) is 4.98 Å². The average Bonchev–Trinajstić information content (AvgIpc) is 2.66. The molecule has 0 amide bonds. The Kier molecular flexibility index (Phi) is 3.67. The summed E-state index contributed by atoms with van der Waals surface area (Å²) in [6.45, 7) is 0. The van der Waals surface area contributed by atoms with Crippen molar-refractivity contribution in [2.75, 3.05) is 0 Å². The molecular formula is C10H6BrCl2NS. The minimum Gasteiger partial charge on any atom is -0.240 e. The van der Waals surface area contributed by atoms with Crippen molar-refractivity contribution in [2.45, 2.75) is 5.88 Å². The van der Waals surface area contributed by atoms with Crippen molar-refractivity contribution in [1.29, 1.82) is 0 Å². The molecule has 0 radical (unpaired) electrons. The highest BCUT2D eigenvalue weighted by Gasteiger charge is 2.08. The molecule has 0 aliphatic heterocycles. The number of thiazole rings is 1. The Morgan fingerprint density at radius 2 is 2.20 bits per heavy atom. The zero-order valence-electron chi connectivity index (χ0n) is 7.51. The summed E-state index contributed by atoms with van der Waals surface area (Å²) in [6, 6.07) is 5.66. The van der Waals surface area contributed by atoms with E-state index in [9.17, 15) is 0 Å². The van der Waals surface area contributed by atoms with Gasteiger partial charge in [-0.3, -0.25) is 0 Å². The molecule has 0 bridgehead atoms. The highest BCUT2D eigenvalue weighted by Crippen LogP contribution is 2.32. The molecule has 5 heteroatoms. The van der Waals surface area contributed by atoms with Gasteiger partial charge in [0.2, 0.25) is 0 Å². The minimum atomic E-state index is 0.446. The van der Waals surface area contributed by atoms with E-state index in [-0.39, 0.29) is 0 Å². The first-order valence-electron chi connectivity index (χ1n) is 4.16. The molecule has 0 saturated heterocycles. The first-order chi connectivity index (χ1) is 7.20. The highest BCUT2D eigenvalue weighted by molar-refractivity contribution is 9.10. The van der Waals surface area contributed by atoms with Gasteiger partial charge in [0.1, 0.15) is 5.01 Å². The van der Waals surface area contributed by atoms with Gasteiger partial charge in [-0.1, -0.05) is 27.5 Å². The molecule has 0 unspecified atom stereocenters. The zero-order chi connectivity index (χ0) is 10.8. The third-order valence-electron chi connectivity index (χ3n) is 1.85. The number of benzene rings is 1. The SMILES string of the molecule is ClCc1csc(-c2ccc(Cl)cc2Br)n1. The second-order valence-electron chi connectivity index (χ2n) is 2.90. The number of aromatic nitrogens is 1. The Hall–Kier alpha value is -0.0900. The van der Waals surface area contributed by atoms with Gasteiger partial charge >= 0.3 is 0 Å². The third kappa shape index (κ3) is 2.53. The van der Waals surface area contributed by atoms with Crippen LogP contribution in [0.4, 0.5) is 0 Å². The Morgan fingerprint density at radius 3 is 2.80 bits per heavy atom. The largest absolute Gasteiger partial charge is 0.240 e. The second-order valence-corrected chi connectivity index (χ2v) is 5.32. The van der Waals surface area contributed by atoms with Crippen LogP contribution in [0, 0.1) is 0 Å². The maximum absolute atomic E-state index is 5.87. The van der Waals surface area contributed by atoms with Crippen LogP contribution in [0.25, 0.3) is 10.6 Å². The van der Waals surface area contributed by atoms with Crippen molar-refractivity contribution in [3.63, 3.8) is 0 Å². The molecule has 78 valence electrons. The maximum Gasteiger partial charge on any atom is 0.124 e. The van der Waals surface area contributed by atoms with Gasteiger partial charge in [0.15, 0.2) is 0 Å². The van der Waals surface area contributed by atoms with Crippen molar-refractivity contribution < 1.29 is 0 Å². The van der Waals surface area contributed by atoms with E-state index in [2.05, 4.69) is 20.9 Å². The molecule has 2 rings (SSSR count). The van der Waals surface area contributed by atoms with Gasteiger partial charge in [-0.2, -0.15) is 0 Å². The van der Waals surface area contributed by atoms with E-state index in [1.807, 2.05) is 23.6 Å². The van der Waals surface area contributed by atoms with Gasteiger partial charge < -0.3 is 0 Å². The summed E-state index contributed by atoms with van der Waals surface area (Å²) in [4.78, 5) is 4.40. The highest BCUT2D eigenvalue weighted by atomic mass is 79.9. The van der Waals surface area contributed by atoms with Crippen molar-refractivity contribution in [2.24, 2.45) is 0 Å². The summed E-state index contributed by atoms with van der Waals surface area (Å²) in [6.07, 6.45) is 0. The molecule has 1 nitrogen and oxygen atoms in total. The molecule has 0 spiro atoms. The van der Waals surface area contributed by atoms with Crippen LogP contribution in [0.3, 0.4) is 0 Å². The molecule has 1 aromatic carbocycles. The van der Waals surface area contributed by atoms with Crippen LogP contribution in [-0.4, -0.2) is 4.98 Å². The number of alkyl halides is 1. The lowest BCUT2D eigenvalue weighted by molar-refractivity contribution is 1.23. The van der Waals surface area contributed by atoms with Crippen LogP contribution >= 0.6 is 50.5 Å². The lowest BCUT2D eigenvalue weighted by Crippen LogP contribution is -1.81. The topological polar surface area (TPSA) is 12.9 Å². The van der Waals surface area contributed by atoms with Gasteiger partial charge in [0, 0.05) is 20.4 Å². The van der Waals surface area contributed by atoms with Crippen molar-refractivity contribution in [3.05, 3.63) is 38.8 Å². The summed E-state index contributed by atoms with van der Waals surface area (Å²) in [5.74, 6) is 0.446. The van der Waals surface area contributed by atoms with Gasteiger partial charge in [-0.15, -0.1) is 22.9 Å². The van der Waals surface area contributed by atoms with E-state index < -0.39 is 0 Å². The minimum absolute atomic E-state index is 0.446. The van der Waals surface area contributed by atoms with Crippen LogP contribution in [-0.2, 0) is 5.88 Å². The van der Waals surface area contributed by atoms with Crippen LogP contribution in [0.15, 0.2) is 28.1 Å². The number of hydrogen-bond acceptors (Lipinski definition) is 2. The molecule has 0 N–H and O–H groups in total. The summed E-state index contributed by atoms with van der Waals surface area (Å²) in [7, 11) is 0.